The standard InChI is InChI=1S/C23H23FN6O6/c24-17-6-15(34-10-18(25)31)5-13-3-12(4-16(13)17)7-26-2-1-14-9-30(23(33)36-14)19-8-27-22-21(28-19)29-20(32)11-35-22/h5-6,8-9,12,26H,1-4,7,10-11H2,(H2,25,31)(H,28,29,32). The zero-order chi connectivity index (χ0) is 25.2. The van der Waals surface area contributed by atoms with Crippen LogP contribution in [0.25, 0.3) is 5.82 Å². The Morgan fingerprint density at radius 1 is 1.33 bits per heavy atom. The first-order valence-corrected chi connectivity index (χ1v) is 11.3. The molecule has 1 unspecified atom stereocenters. The summed E-state index contributed by atoms with van der Waals surface area (Å²) in [6.45, 7) is 0.741. The van der Waals surface area contributed by atoms with E-state index in [1.54, 1.807) is 6.07 Å². The van der Waals surface area contributed by atoms with Crippen LogP contribution in [0, 0.1) is 11.7 Å². The molecule has 5 rings (SSSR count). The van der Waals surface area contributed by atoms with Crippen LogP contribution < -0.4 is 31.6 Å². The van der Waals surface area contributed by atoms with Crippen LogP contribution in [0.15, 0.2) is 33.7 Å². The van der Waals surface area contributed by atoms with Crippen molar-refractivity contribution in [1.29, 1.82) is 0 Å². The summed E-state index contributed by atoms with van der Waals surface area (Å²) >= 11 is 0. The Hall–Kier alpha value is -4.26. The molecule has 0 saturated carbocycles. The van der Waals surface area contributed by atoms with Gasteiger partial charge in [0.1, 0.15) is 17.3 Å². The Kier molecular flexibility index (Phi) is 6.38. The molecule has 2 amide bonds. The molecule has 0 saturated heterocycles. The number of primary amides is 1. The molecule has 36 heavy (non-hydrogen) atoms. The Morgan fingerprint density at radius 3 is 3.03 bits per heavy atom. The highest BCUT2D eigenvalue weighted by atomic mass is 19.1. The molecule has 13 heteroatoms. The number of nitrogens with two attached hydrogens (primary N) is 1. The molecule has 0 spiro atoms. The summed E-state index contributed by atoms with van der Waals surface area (Å²) in [7, 11) is 0. The first kappa shape index (κ1) is 23.5. The Labute approximate surface area is 203 Å². The topological polar surface area (TPSA) is 164 Å². The summed E-state index contributed by atoms with van der Waals surface area (Å²) < 4.78 is 31.4. The Balaban J connectivity index is 1.14. The maximum absolute atomic E-state index is 14.5. The van der Waals surface area contributed by atoms with Gasteiger partial charge in [-0.15, -0.1) is 0 Å². The minimum absolute atomic E-state index is 0.139. The van der Waals surface area contributed by atoms with Crippen LogP contribution >= 0.6 is 0 Å². The first-order valence-electron chi connectivity index (χ1n) is 11.3. The summed E-state index contributed by atoms with van der Waals surface area (Å²) in [6, 6.07) is 3.03. The van der Waals surface area contributed by atoms with Gasteiger partial charge in [0, 0.05) is 19.0 Å². The van der Waals surface area contributed by atoms with E-state index in [0.29, 0.717) is 43.7 Å². The molecule has 1 aliphatic heterocycles. The minimum Gasteiger partial charge on any atom is -0.484 e. The van der Waals surface area contributed by atoms with Gasteiger partial charge in [0.25, 0.3) is 17.7 Å². The molecular weight excluding hydrogens is 475 g/mol. The quantitative estimate of drug-likeness (QED) is 0.347. The summed E-state index contributed by atoms with van der Waals surface area (Å²) in [6.07, 6.45) is 4.60. The highest BCUT2D eigenvalue weighted by Crippen LogP contribution is 2.32. The maximum atomic E-state index is 14.5. The molecule has 0 bridgehead atoms. The molecule has 1 atom stereocenters. The number of carbonyl (C=O) groups excluding carboxylic acids is 2. The largest absolute Gasteiger partial charge is 0.484 e. The number of fused-ring (bicyclic) bond motifs is 2. The van der Waals surface area contributed by atoms with Gasteiger partial charge in [-0.2, -0.15) is 0 Å². The van der Waals surface area contributed by atoms with E-state index in [0.717, 1.165) is 5.56 Å². The van der Waals surface area contributed by atoms with Gasteiger partial charge in [0.2, 0.25) is 0 Å². The number of aromatic nitrogens is 3. The van der Waals surface area contributed by atoms with Gasteiger partial charge in [-0.05, 0) is 42.5 Å². The molecule has 4 N–H and O–H groups in total. The van der Waals surface area contributed by atoms with Crippen molar-refractivity contribution in [3.05, 3.63) is 57.8 Å². The number of hydrogen-bond donors (Lipinski definition) is 3. The number of ether oxygens (including phenoxy) is 2. The number of benzene rings is 1. The van der Waals surface area contributed by atoms with Crippen LogP contribution in [0.4, 0.5) is 10.2 Å². The first-order chi connectivity index (χ1) is 17.4. The van der Waals surface area contributed by atoms with Gasteiger partial charge >= 0.3 is 5.76 Å². The molecule has 1 aromatic carbocycles. The van der Waals surface area contributed by atoms with Gasteiger partial charge in [-0.25, -0.2) is 23.7 Å². The smallest absolute Gasteiger partial charge is 0.425 e. The summed E-state index contributed by atoms with van der Waals surface area (Å²) in [4.78, 5) is 43.0. The Morgan fingerprint density at radius 2 is 2.19 bits per heavy atom. The molecule has 0 radical (unpaired) electrons. The molecule has 188 valence electrons. The second-order valence-corrected chi connectivity index (χ2v) is 8.58. The number of hydrogen-bond acceptors (Lipinski definition) is 9. The second-order valence-electron chi connectivity index (χ2n) is 8.58. The van der Waals surface area contributed by atoms with E-state index in [4.69, 9.17) is 19.6 Å². The molecule has 0 fully saturated rings. The van der Waals surface area contributed by atoms with E-state index in [9.17, 15) is 18.8 Å². The minimum atomic E-state index is -0.626. The van der Waals surface area contributed by atoms with Crippen molar-refractivity contribution in [2.24, 2.45) is 11.7 Å². The number of nitrogens with one attached hydrogen (secondary N) is 2. The monoisotopic (exact) mass is 498 g/mol. The summed E-state index contributed by atoms with van der Waals surface area (Å²) in [5.41, 5.74) is 6.59. The summed E-state index contributed by atoms with van der Waals surface area (Å²) in [5, 5.41) is 5.87. The van der Waals surface area contributed by atoms with Crippen molar-refractivity contribution >= 4 is 17.6 Å². The van der Waals surface area contributed by atoms with Gasteiger partial charge in [0.15, 0.2) is 24.8 Å². The predicted octanol–water partition coefficient (Wildman–Crippen LogP) is 0.102. The average molecular weight is 498 g/mol. The van der Waals surface area contributed by atoms with Crippen LogP contribution in [0.1, 0.15) is 16.9 Å². The average Bonchev–Trinajstić information content (AvgIpc) is 3.43. The van der Waals surface area contributed by atoms with Crippen molar-refractivity contribution in [3.63, 3.8) is 0 Å². The lowest BCUT2D eigenvalue weighted by Gasteiger charge is -2.15. The van der Waals surface area contributed by atoms with Crippen molar-refractivity contribution in [1.82, 2.24) is 19.9 Å². The lowest BCUT2D eigenvalue weighted by atomic mass is 10.1. The SMILES string of the molecule is NC(=O)COc1cc(F)c2c(c1)CC(CNCCc1cn(-c3cnc4c(n3)NC(=O)CO4)c(=O)o1)C2. The fourth-order valence-corrected chi connectivity index (χ4v) is 4.28. The van der Waals surface area contributed by atoms with Gasteiger partial charge in [0.05, 0.1) is 12.4 Å². The fraction of sp³-hybridized carbons (Fsp3) is 0.348. The van der Waals surface area contributed by atoms with Crippen molar-refractivity contribution in [2.45, 2.75) is 19.3 Å². The number of nitrogens with zero attached hydrogens (tertiary/aromatic N) is 3. The van der Waals surface area contributed by atoms with E-state index >= 15 is 0 Å². The zero-order valence-corrected chi connectivity index (χ0v) is 19.1. The second kappa shape index (κ2) is 9.77. The number of halogens is 1. The highest BCUT2D eigenvalue weighted by molar-refractivity contribution is 5.93. The predicted molar refractivity (Wildman–Crippen MR) is 123 cm³/mol. The van der Waals surface area contributed by atoms with Crippen LogP contribution in [0.2, 0.25) is 0 Å². The molecular formula is C23H23FN6O6. The lowest BCUT2D eigenvalue weighted by molar-refractivity contribution is -0.120. The molecule has 2 aromatic heterocycles. The third kappa shape index (κ3) is 5.05. The number of amides is 2. The van der Waals surface area contributed by atoms with Gasteiger partial charge in [-0.1, -0.05) is 0 Å². The number of rotatable bonds is 9. The molecule has 3 aromatic rings. The molecule has 1 aliphatic carbocycles. The van der Waals surface area contributed by atoms with Crippen molar-refractivity contribution in [2.75, 3.05) is 31.6 Å². The van der Waals surface area contributed by atoms with Gasteiger partial charge < -0.3 is 30.3 Å². The number of oxazole rings is 1. The third-order valence-electron chi connectivity index (χ3n) is 5.88. The number of carbonyl (C=O) groups is 2. The maximum Gasteiger partial charge on any atom is 0.425 e. The van der Waals surface area contributed by atoms with E-state index < -0.39 is 11.7 Å². The van der Waals surface area contributed by atoms with Crippen LogP contribution in [0.3, 0.4) is 0 Å². The Bertz CT molecular complexity index is 1390. The van der Waals surface area contributed by atoms with Crippen LogP contribution in [-0.2, 0) is 28.9 Å². The molecule has 2 aliphatic rings. The van der Waals surface area contributed by atoms with E-state index in [2.05, 4.69) is 20.6 Å². The molecule has 12 nitrogen and oxygen atoms in total. The van der Waals surface area contributed by atoms with E-state index in [1.807, 2.05) is 0 Å². The fourth-order valence-electron chi connectivity index (χ4n) is 4.28. The number of anilines is 1. The van der Waals surface area contributed by atoms with Crippen LogP contribution in [0.5, 0.6) is 11.6 Å². The van der Waals surface area contributed by atoms with Crippen molar-refractivity contribution in [3.8, 4) is 17.4 Å². The van der Waals surface area contributed by atoms with Gasteiger partial charge in [-0.3, -0.25) is 9.59 Å². The van der Waals surface area contributed by atoms with E-state index in [-0.39, 0.29) is 54.1 Å². The normalized spacial score (nSPS) is 16.1. The zero-order valence-electron chi connectivity index (χ0n) is 19.1. The third-order valence-corrected chi connectivity index (χ3v) is 5.88. The van der Waals surface area contributed by atoms with Crippen LogP contribution in [-0.4, -0.2) is 52.7 Å². The highest BCUT2D eigenvalue weighted by Gasteiger charge is 2.25. The molecule has 3 heterocycles. The lowest BCUT2D eigenvalue weighted by Crippen LogP contribution is -2.27. The summed E-state index contributed by atoms with van der Waals surface area (Å²) in [5.74, 6) is -0.511. The van der Waals surface area contributed by atoms with E-state index in [1.165, 1.54) is 23.0 Å². The van der Waals surface area contributed by atoms with Crippen molar-refractivity contribution < 1.29 is 27.9 Å².